The number of aliphatic imine (C=N–C) groups is 1. The Balaban J connectivity index is 0.00000225. The number of likely N-dealkylation sites (tertiary alicyclic amines) is 1. The van der Waals surface area contributed by atoms with Crippen LogP contribution < -0.4 is 10.6 Å². The van der Waals surface area contributed by atoms with Gasteiger partial charge in [0.05, 0.1) is 0 Å². The first-order valence-corrected chi connectivity index (χ1v) is 10.6. The summed E-state index contributed by atoms with van der Waals surface area (Å²) in [6.45, 7) is 3.26. The van der Waals surface area contributed by atoms with Gasteiger partial charge in [0.2, 0.25) is 0 Å². The number of benzene rings is 1. The molecule has 2 atom stereocenters. The van der Waals surface area contributed by atoms with Crippen LogP contribution in [0.2, 0.25) is 0 Å². The normalized spacial score (nSPS) is 23.1. The fourth-order valence-corrected chi connectivity index (χ4v) is 4.55. The molecule has 0 radical (unpaired) electrons. The van der Waals surface area contributed by atoms with Crippen LogP contribution in [0.1, 0.15) is 36.3 Å². The van der Waals surface area contributed by atoms with Crippen molar-refractivity contribution in [2.75, 3.05) is 20.1 Å². The largest absolute Gasteiger partial charge is 0.354 e. The van der Waals surface area contributed by atoms with E-state index in [0.29, 0.717) is 6.04 Å². The highest BCUT2D eigenvalue weighted by Crippen LogP contribution is 2.41. The van der Waals surface area contributed by atoms with E-state index < -0.39 is 0 Å². The lowest BCUT2D eigenvalue weighted by Crippen LogP contribution is -2.49. The Labute approximate surface area is 187 Å². The SMILES string of the molecule is CN=C(NC1CCN(Cc2ccsc2)CC1)NC1CC1c1ccccc1F.I. The zero-order valence-electron chi connectivity index (χ0n) is 16.1. The van der Waals surface area contributed by atoms with Gasteiger partial charge in [-0.2, -0.15) is 11.3 Å². The van der Waals surface area contributed by atoms with Gasteiger partial charge < -0.3 is 10.6 Å². The van der Waals surface area contributed by atoms with Gasteiger partial charge in [0, 0.05) is 44.7 Å². The molecule has 4 rings (SSSR count). The summed E-state index contributed by atoms with van der Waals surface area (Å²) >= 11 is 1.76. The first-order chi connectivity index (χ1) is 13.2. The number of thiophene rings is 1. The summed E-state index contributed by atoms with van der Waals surface area (Å²) < 4.78 is 13.9. The van der Waals surface area contributed by atoms with E-state index in [4.69, 9.17) is 0 Å². The van der Waals surface area contributed by atoms with Gasteiger partial charge in [0.1, 0.15) is 5.82 Å². The Kier molecular flexibility index (Phi) is 7.70. The number of rotatable bonds is 5. The summed E-state index contributed by atoms with van der Waals surface area (Å²) in [6.07, 6.45) is 3.19. The summed E-state index contributed by atoms with van der Waals surface area (Å²) in [6, 6.07) is 10.0. The predicted octanol–water partition coefficient (Wildman–Crippen LogP) is 4.19. The Morgan fingerprint density at radius 3 is 2.68 bits per heavy atom. The van der Waals surface area contributed by atoms with Crippen LogP contribution >= 0.6 is 35.3 Å². The molecule has 2 N–H and O–H groups in total. The lowest BCUT2D eigenvalue weighted by atomic mass is 10.0. The fraction of sp³-hybridized carbons (Fsp3) is 0.476. The van der Waals surface area contributed by atoms with Crippen molar-refractivity contribution in [1.82, 2.24) is 15.5 Å². The summed E-state index contributed by atoms with van der Waals surface area (Å²) in [5, 5.41) is 11.4. The van der Waals surface area contributed by atoms with Gasteiger partial charge in [-0.25, -0.2) is 4.39 Å². The topological polar surface area (TPSA) is 39.7 Å². The van der Waals surface area contributed by atoms with Crippen LogP contribution in [0, 0.1) is 5.82 Å². The number of halogens is 2. The highest BCUT2D eigenvalue weighted by atomic mass is 127. The molecule has 1 saturated carbocycles. The number of piperidine rings is 1. The fourth-order valence-electron chi connectivity index (χ4n) is 3.89. The van der Waals surface area contributed by atoms with E-state index in [1.807, 2.05) is 19.2 Å². The maximum absolute atomic E-state index is 13.9. The molecular weight excluding hydrogens is 486 g/mol. The molecule has 4 nitrogen and oxygen atoms in total. The van der Waals surface area contributed by atoms with Crippen LogP contribution in [-0.2, 0) is 6.54 Å². The lowest BCUT2D eigenvalue weighted by molar-refractivity contribution is 0.198. The molecule has 1 aromatic heterocycles. The average molecular weight is 514 g/mol. The summed E-state index contributed by atoms with van der Waals surface area (Å²) in [4.78, 5) is 6.90. The second kappa shape index (κ2) is 10.0. The second-order valence-electron chi connectivity index (χ2n) is 7.51. The lowest BCUT2D eigenvalue weighted by Gasteiger charge is -2.33. The Morgan fingerprint density at radius 2 is 2.00 bits per heavy atom. The molecule has 28 heavy (non-hydrogen) atoms. The van der Waals surface area contributed by atoms with Gasteiger partial charge in [-0.3, -0.25) is 9.89 Å². The molecule has 2 heterocycles. The average Bonchev–Trinajstić information content (AvgIpc) is 3.24. The van der Waals surface area contributed by atoms with Gasteiger partial charge in [0.15, 0.2) is 5.96 Å². The van der Waals surface area contributed by atoms with Crippen LogP contribution in [0.4, 0.5) is 4.39 Å². The van der Waals surface area contributed by atoms with Crippen LogP contribution in [0.3, 0.4) is 0 Å². The third-order valence-corrected chi connectivity index (χ3v) is 6.29. The van der Waals surface area contributed by atoms with Crippen LogP contribution in [0.15, 0.2) is 46.1 Å². The number of hydrogen-bond donors (Lipinski definition) is 2. The number of nitrogens with zero attached hydrogens (tertiary/aromatic N) is 2. The first-order valence-electron chi connectivity index (χ1n) is 9.70. The number of guanidine groups is 1. The van der Waals surface area contributed by atoms with Crippen molar-refractivity contribution in [3.05, 3.63) is 58.0 Å². The molecule has 0 spiro atoms. The van der Waals surface area contributed by atoms with Crippen LogP contribution in [0.25, 0.3) is 0 Å². The van der Waals surface area contributed by atoms with Crippen molar-refractivity contribution in [2.45, 2.75) is 43.8 Å². The van der Waals surface area contributed by atoms with Gasteiger partial charge in [-0.15, -0.1) is 24.0 Å². The smallest absolute Gasteiger partial charge is 0.191 e. The van der Waals surface area contributed by atoms with Gasteiger partial charge in [-0.1, -0.05) is 18.2 Å². The predicted molar refractivity (Wildman–Crippen MR) is 125 cm³/mol. The third-order valence-electron chi connectivity index (χ3n) is 5.56. The van der Waals surface area contributed by atoms with E-state index in [-0.39, 0.29) is 41.8 Å². The molecule has 1 saturated heterocycles. The monoisotopic (exact) mass is 514 g/mol. The van der Waals surface area contributed by atoms with Gasteiger partial charge in [-0.05, 0) is 53.3 Å². The molecule has 2 unspecified atom stereocenters. The molecule has 1 aromatic carbocycles. The summed E-state index contributed by atoms with van der Waals surface area (Å²) in [5.41, 5.74) is 2.23. The summed E-state index contributed by atoms with van der Waals surface area (Å²) in [5.74, 6) is 0.986. The maximum atomic E-state index is 13.9. The Bertz CT molecular complexity index is 774. The van der Waals surface area contributed by atoms with E-state index in [0.717, 1.165) is 50.4 Å². The quantitative estimate of drug-likeness (QED) is 0.357. The molecule has 0 amide bonds. The van der Waals surface area contributed by atoms with Crippen LogP contribution in [-0.4, -0.2) is 43.1 Å². The second-order valence-corrected chi connectivity index (χ2v) is 8.29. The molecule has 7 heteroatoms. The van der Waals surface area contributed by atoms with E-state index in [9.17, 15) is 4.39 Å². The summed E-state index contributed by atoms with van der Waals surface area (Å²) in [7, 11) is 1.81. The Morgan fingerprint density at radius 1 is 1.21 bits per heavy atom. The van der Waals surface area contributed by atoms with Crippen molar-refractivity contribution in [2.24, 2.45) is 4.99 Å². The first kappa shape index (κ1) is 21.5. The minimum absolute atomic E-state index is 0. The van der Waals surface area contributed by atoms with Crippen molar-refractivity contribution in [3.63, 3.8) is 0 Å². The zero-order chi connectivity index (χ0) is 18.6. The molecule has 2 fully saturated rings. The molecule has 1 aliphatic heterocycles. The van der Waals surface area contributed by atoms with Crippen molar-refractivity contribution in [1.29, 1.82) is 0 Å². The molecule has 2 aromatic rings. The van der Waals surface area contributed by atoms with Gasteiger partial charge >= 0.3 is 0 Å². The van der Waals surface area contributed by atoms with E-state index in [1.165, 1.54) is 5.56 Å². The molecule has 0 bridgehead atoms. The van der Waals surface area contributed by atoms with E-state index >= 15 is 0 Å². The zero-order valence-corrected chi connectivity index (χ0v) is 19.3. The highest BCUT2D eigenvalue weighted by Gasteiger charge is 2.40. The van der Waals surface area contributed by atoms with Gasteiger partial charge in [0.25, 0.3) is 0 Å². The Hall–Kier alpha value is -1.19. The minimum atomic E-state index is -0.104. The number of hydrogen-bond acceptors (Lipinski definition) is 3. The standard InChI is InChI=1S/C21H27FN4S.HI/c1-23-21(25-20-12-18(20)17-4-2-3-5-19(17)22)24-16-6-9-26(10-7-16)13-15-8-11-27-14-15;/h2-5,8,11,14,16,18,20H,6-7,9-10,12-13H2,1H3,(H2,23,24,25);1H. The van der Waals surface area contributed by atoms with Crippen LogP contribution in [0.5, 0.6) is 0 Å². The maximum Gasteiger partial charge on any atom is 0.191 e. The number of nitrogens with one attached hydrogen (secondary N) is 2. The highest BCUT2D eigenvalue weighted by molar-refractivity contribution is 14.0. The molecule has 152 valence electrons. The minimum Gasteiger partial charge on any atom is -0.354 e. The van der Waals surface area contributed by atoms with Crippen molar-refractivity contribution in [3.8, 4) is 0 Å². The van der Waals surface area contributed by atoms with Crippen molar-refractivity contribution < 1.29 is 4.39 Å². The van der Waals surface area contributed by atoms with E-state index in [2.05, 4.69) is 37.4 Å². The molecular formula is C21H28FIN4S. The molecule has 1 aliphatic carbocycles. The van der Waals surface area contributed by atoms with Crippen molar-refractivity contribution >= 4 is 41.3 Å². The third kappa shape index (κ3) is 5.45. The molecule has 2 aliphatic rings. The van der Waals surface area contributed by atoms with E-state index in [1.54, 1.807) is 23.5 Å².